The van der Waals surface area contributed by atoms with Gasteiger partial charge in [0.2, 0.25) is 11.8 Å². The number of carboxylic acid groups (broad SMARTS) is 1. The van der Waals surface area contributed by atoms with Crippen molar-refractivity contribution >= 4 is 109 Å². The van der Waals surface area contributed by atoms with Gasteiger partial charge in [0.05, 0.1) is 41.4 Å². The molecule has 0 radical (unpaired) electrons. The van der Waals surface area contributed by atoms with Gasteiger partial charge in [-0.3, -0.25) is 33.6 Å². The fourth-order valence-corrected chi connectivity index (χ4v) is 16.2. The number of amides is 5. The fraction of sp³-hybridized carbons (Fsp3) is 0.311. The number of aliphatic hydroxyl groups excluding tert-OH is 2. The van der Waals surface area contributed by atoms with Crippen molar-refractivity contribution in [1.82, 2.24) is 55.7 Å². The van der Waals surface area contributed by atoms with Crippen LogP contribution in [0.4, 0.5) is 0 Å². The number of rotatable bonds is 14. The van der Waals surface area contributed by atoms with Crippen LogP contribution in [0.15, 0.2) is 93.6 Å². The Bertz CT molecular complexity index is 4180. The maximum Gasteiger partial charge on any atom is 0.303 e. The molecular formula is C61H59N13O11S6. The number of Topliss-reactive ketones (excluding diaryl/α,β-unsaturated/α-hetero) is 1. The molecule has 0 aliphatic carbocycles. The highest BCUT2D eigenvalue weighted by Crippen LogP contribution is 2.41. The monoisotopic (exact) mass is 1340 g/mol. The molecule has 9 heterocycles. The molecule has 2 aliphatic rings. The molecule has 11 rings (SSSR count). The summed E-state index contributed by atoms with van der Waals surface area (Å²) >= 11 is 6.83. The van der Waals surface area contributed by atoms with Gasteiger partial charge < -0.3 is 52.7 Å². The van der Waals surface area contributed by atoms with Gasteiger partial charge in [-0.15, -0.1) is 68.0 Å². The summed E-state index contributed by atoms with van der Waals surface area (Å²) in [5, 5.41) is 63.0. The molecule has 1 fully saturated rings. The quantitative estimate of drug-likeness (QED) is 0.0502. The molecule has 2 aliphatic heterocycles. The minimum atomic E-state index is -1.33. The van der Waals surface area contributed by atoms with E-state index in [4.69, 9.17) is 36.4 Å². The number of nitrogens with one attached hydrogen (secondary N) is 3. The van der Waals surface area contributed by atoms with Crippen molar-refractivity contribution in [2.75, 3.05) is 19.6 Å². The molecule has 2 aromatic carbocycles. The number of nitrogens with two attached hydrogens (primary N) is 2. The Kier molecular flexibility index (Phi) is 19.7. The zero-order chi connectivity index (χ0) is 64.2. The number of carbonyl (C=O) groups excluding carboxylic acids is 6. The summed E-state index contributed by atoms with van der Waals surface area (Å²) < 4.78 is 0. The number of primary amides is 2. The molecule has 30 heteroatoms. The largest absolute Gasteiger partial charge is 0.508 e. The highest BCUT2D eigenvalue weighted by atomic mass is 32.1. The average Bonchev–Trinajstić information content (AvgIpc) is 1.77. The number of phenolic OH excluding ortho intramolecular Hbond substituents is 1. The number of piperidine rings is 1. The Morgan fingerprint density at radius 2 is 1.34 bits per heavy atom. The molecule has 0 unspecified atom stereocenters. The van der Waals surface area contributed by atoms with Crippen molar-refractivity contribution in [3.63, 3.8) is 0 Å². The minimum Gasteiger partial charge on any atom is -0.508 e. The Hall–Kier alpha value is -8.46. The number of aromatic hydroxyl groups is 1. The van der Waals surface area contributed by atoms with E-state index in [1.54, 1.807) is 79.2 Å². The predicted molar refractivity (Wildman–Crippen MR) is 344 cm³/mol. The number of aromatic nitrogens is 7. The number of aliphatic carboxylic acids is 1. The molecule has 470 valence electrons. The molecule has 24 nitrogen and oxygen atoms in total. The number of aryl methyl sites for hydroxylation is 1. The third-order valence-corrected chi connectivity index (χ3v) is 21.2. The smallest absolute Gasteiger partial charge is 0.303 e. The summed E-state index contributed by atoms with van der Waals surface area (Å²) in [6.45, 7) is 4.65. The number of pyridine rings is 1. The number of fused-ring (bicyclic) bond motifs is 14. The van der Waals surface area contributed by atoms with E-state index in [-0.39, 0.29) is 70.3 Å². The second kappa shape index (κ2) is 28.0. The van der Waals surface area contributed by atoms with E-state index >= 15 is 4.79 Å². The average molecular weight is 1340 g/mol. The van der Waals surface area contributed by atoms with E-state index in [9.17, 15) is 49.2 Å². The van der Waals surface area contributed by atoms with Gasteiger partial charge in [-0.25, -0.2) is 34.9 Å². The van der Waals surface area contributed by atoms with Gasteiger partial charge in [0, 0.05) is 81.5 Å². The number of carbonyl (C=O) groups is 7. The lowest BCUT2D eigenvalue weighted by Gasteiger charge is -2.36. The zero-order valence-electron chi connectivity index (χ0n) is 48.5. The number of phenols is 1. The molecule has 9 aromatic rings. The third-order valence-electron chi connectivity index (χ3n) is 15.6. The standard InChI is InChI=1S/C61H59N13O11S6/c1-28(45(77)22-74-16-6-7-31(21-74)18-47(79)80)48-61-71-43(27-90-61)59-67-39(23-88-59)50-34(14-15-36(64-50)58-68-40(24-89-58)52(63)82)56-69-42(25-86-56)55(85)66-38(20-46(62)78)60-73-49(29(2)91-60)44(76)19-35(51(81)32-8-4-3-5-9-32)57-70-41(26-87-57)54(84)65-37(53(83)72-48)17-30-10-12-33(75)13-11-30/h3-5,8-15,23-28,31,35,37-38,45,48,51,75,77,81H,6-7,16-22H2,1-2H3,(H2,62,78)(H2,63,82)(H,65,84)(H,66,85)(H,72,83)(H,79,80)/t28-,31-,35-,37-,38-,45-,48-,51+/m0/s1. The number of carboxylic acids is 1. The van der Waals surface area contributed by atoms with Crippen LogP contribution >= 0.6 is 68.0 Å². The maximum absolute atomic E-state index is 15.2. The zero-order valence-corrected chi connectivity index (χ0v) is 53.4. The number of hydrogen-bond donors (Lipinski definition) is 9. The second-order valence-corrected chi connectivity index (χ2v) is 27.7. The molecule has 1 saturated heterocycles. The highest BCUT2D eigenvalue weighted by molar-refractivity contribution is 7.15. The first-order chi connectivity index (χ1) is 43.7. The maximum atomic E-state index is 15.2. The van der Waals surface area contributed by atoms with Crippen molar-refractivity contribution in [2.24, 2.45) is 23.3 Å². The summed E-state index contributed by atoms with van der Waals surface area (Å²) in [5.41, 5.74) is 14.2. The van der Waals surface area contributed by atoms with Crippen LogP contribution in [0, 0.1) is 18.8 Å². The lowest BCUT2D eigenvalue weighted by atomic mass is 9.90. The van der Waals surface area contributed by atoms with Crippen molar-refractivity contribution < 1.29 is 54.0 Å². The van der Waals surface area contributed by atoms with Gasteiger partial charge in [-0.05, 0) is 67.6 Å². The molecule has 91 heavy (non-hydrogen) atoms. The van der Waals surface area contributed by atoms with Gasteiger partial charge in [0.15, 0.2) is 5.78 Å². The second-order valence-electron chi connectivity index (χ2n) is 22.1. The summed E-state index contributed by atoms with van der Waals surface area (Å²) in [6.07, 6.45) is -1.82. The number of ketones is 1. The summed E-state index contributed by atoms with van der Waals surface area (Å²) in [7, 11) is 0. The summed E-state index contributed by atoms with van der Waals surface area (Å²) in [5.74, 6) is -6.99. The van der Waals surface area contributed by atoms with Crippen LogP contribution in [0.5, 0.6) is 5.75 Å². The molecular weight excluding hydrogens is 1280 g/mol. The van der Waals surface area contributed by atoms with Crippen molar-refractivity contribution in [3.8, 4) is 49.1 Å². The van der Waals surface area contributed by atoms with Crippen LogP contribution in [0.3, 0.4) is 0 Å². The molecule has 5 amide bonds. The normalized spacial score (nSPS) is 19.5. The van der Waals surface area contributed by atoms with Crippen molar-refractivity contribution in [2.45, 2.75) is 88.6 Å². The van der Waals surface area contributed by atoms with Gasteiger partial charge in [0.25, 0.3) is 17.7 Å². The fourth-order valence-electron chi connectivity index (χ4n) is 10.9. The SMILES string of the molecule is Cc1sc2nc1C(=O)C[C@@H]([C@H](O)c1ccccc1)c1nc(cs1)C(=O)N[C@@H](Cc1ccc(O)cc1)C(=O)N[C@@H]([C@@H](C)[C@@H](O)CN1CCC[C@@H](CC(=O)O)C1)c1nc(cs1)-c1nc(cs1)-c1nc(-c3nc(C(N)=O)cs3)ccc1-c1nc(cs1)C(=O)N[C@H]2CC(N)=O. The van der Waals surface area contributed by atoms with E-state index in [2.05, 4.69) is 25.9 Å². The van der Waals surface area contributed by atoms with Gasteiger partial charge in [-0.1, -0.05) is 49.4 Å². The summed E-state index contributed by atoms with van der Waals surface area (Å²) in [4.78, 5) is 131. The van der Waals surface area contributed by atoms with Gasteiger partial charge in [0.1, 0.15) is 76.7 Å². The number of aliphatic hydroxyl groups is 2. The van der Waals surface area contributed by atoms with Crippen LogP contribution in [0.25, 0.3) is 43.4 Å². The lowest BCUT2D eigenvalue weighted by molar-refractivity contribution is -0.138. The first-order valence-electron chi connectivity index (χ1n) is 28.7. The molecule has 0 spiro atoms. The number of likely N-dealkylation sites (tertiary alicyclic amines) is 1. The Morgan fingerprint density at radius 3 is 2.08 bits per heavy atom. The first-order valence-corrected chi connectivity index (χ1v) is 33.9. The van der Waals surface area contributed by atoms with Gasteiger partial charge in [-0.2, -0.15) is 0 Å². The number of β-amino-alcohol motifs (C(OH)–C–C–N with tert-alkyl or cyclic N) is 1. The minimum absolute atomic E-state index is 0.00801. The van der Waals surface area contributed by atoms with Gasteiger partial charge >= 0.3 is 5.97 Å². The molecule has 10 bridgehead atoms. The number of hydrogen-bond acceptors (Lipinski definition) is 24. The summed E-state index contributed by atoms with van der Waals surface area (Å²) in [6, 6.07) is 14.7. The van der Waals surface area contributed by atoms with E-state index in [1.165, 1.54) is 50.9 Å². The molecule has 7 aromatic heterocycles. The molecule has 11 N–H and O–H groups in total. The van der Waals surface area contributed by atoms with Crippen LogP contribution in [0.2, 0.25) is 0 Å². The Labute approximate surface area is 543 Å². The first kappa shape index (κ1) is 64.1. The molecule has 8 atom stereocenters. The van der Waals surface area contributed by atoms with E-state index in [0.29, 0.717) is 77.5 Å². The Balaban J connectivity index is 1.01. The lowest BCUT2D eigenvalue weighted by Crippen LogP contribution is -2.51. The van der Waals surface area contributed by atoms with Crippen LogP contribution < -0.4 is 27.4 Å². The predicted octanol–water partition coefficient (Wildman–Crippen LogP) is 7.73. The van der Waals surface area contributed by atoms with Crippen molar-refractivity contribution in [1.29, 1.82) is 0 Å². The van der Waals surface area contributed by atoms with E-state index in [0.717, 1.165) is 58.2 Å². The number of thiazole rings is 6. The van der Waals surface area contributed by atoms with E-state index in [1.807, 2.05) is 4.90 Å². The van der Waals surface area contributed by atoms with E-state index < -0.39 is 89.9 Å². The number of nitrogens with zero attached hydrogens (tertiary/aromatic N) is 8. The van der Waals surface area contributed by atoms with Crippen molar-refractivity contribution in [3.05, 3.63) is 147 Å². The van der Waals surface area contributed by atoms with Crippen LogP contribution in [-0.4, -0.2) is 133 Å². The third kappa shape index (κ3) is 15.0. The number of benzene rings is 2. The van der Waals surface area contributed by atoms with Crippen LogP contribution in [0.1, 0.15) is 136 Å². The molecule has 0 saturated carbocycles. The highest BCUT2D eigenvalue weighted by Gasteiger charge is 2.37. The Morgan fingerprint density at radius 1 is 0.681 bits per heavy atom. The topological polar surface area (TPSA) is 382 Å². The van der Waals surface area contributed by atoms with Crippen LogP contribution in [-0.2, 0) is 20.8 Å².